The summed E-state index contributed by atoms with van der Waals surface area (Å²) in [5.74, 6) is 0. The maximum atomic E-state index is 11.4. The van der Waals surface area contributed by atoms with Crippen LogP contribution in [-0.2, 0) is 11.2 Å². The zero-order valence-corrected chi connectivity index (χ0v) is 8.27. The van der Waals surface area contributed by atoms with E-state index < -0.39 is 0 Å². The number of allylic oxidation sites excluding steroid dienone is 1. The summed E-state index contributed by atoms with van der Waals surface area (Å²) in [7, 11) is 0. The third-order valence-electron chi connectivity index (χ3n) is 1.76. The van der Waals surface area contributed by atoms with Gasteiger partial charge in [0.1, 0.15) is 0 Å². The highest BCUT2D eigenvalue weighted by atomic mass is 16.5. The van der Waals surface area contributed by atoms with Crippen molar-refractivity contribution in [2.24, 2.45) is 0 Å². The summed E-state index contributed by atoms with van der Waals surface area (Å²) < 4.78 is 6.40. The number of ether oxygens (including phenoxy) is 1. The van der Waals surface area contributed by atoms with E-state index in [9.17, 15) is 4.79 Å². The maximum absolute atomic E-state index is 11.4. The molecule has 0 amide bonds. The van der Waals surface area contributed by atoms with Crippen LogP contribution >= 0.6 is 0 Å². The lowest BCUT2D eigenvalue weighted by Crippen LogP contribution is -2.46. The Labute approximate surface area is 83.6 Å². The van der Waals surface area contributed by atoms with E-state index >= 15 is 0 Å². The van der Waals surface area contributed by atoms with Gasteiger partial charge in [-0.3, -0.25) is 0 Å². The number of carbonyl (C=O) groups excluding carboxylic acids is 1. The summed E-state index contributed by atoms with van der Waals surface area (Å²) in [4.78, 5) is 11.4. The predicted octanol–water partition coefficient (Wildman–Crippen LogP) is 1.71. The fourth-order valence-corrected chi connectivity index (χ4v) is 1.16. The Kier molecular flexibility index (Phi) is 3.85. The second-order valence-electron chi connectivity index (χ2n) is 2.75. The van der Waals surface area contributed by atoms with E-state index in [0.29, 0.717) is 13.0 Å². The van der Waals surface area contributed by atoms with Gasteiger partial charge < -0.3 is 4.74 Å². The Balaban J connectivity index is 2.93. The van der Waals surface area contributed by atoms with Crippen molar-refractivity contribution in [2.75, 3.05) is 6.61 Å². The molecule has 1 aromatic heterocycles. The Hall–Kier alpha value is -1.64. The molecule has 74 valence electrons. The van der Waals surface area contributed by atoms with Gasteiger partial charge in [0, 0.05) is 12.1 Å². The van der Waals surface area contributed by atoms with Crippen LogP contribution in [0, 0.1) is 0 Å². The summed E-state index contributed by atoms with van der Waals surface area (Å²) in [5.41, 5.74) is 0.876. The first-order chi connectivity index (χ1) is 6.79. The van der Waals surface area contributed by atoms with E-state index in [4.69, 9.17) is 4.74 Å². The first-order valence-electron chi connectivity index (χ1n) is 4.57. The lowest BCUT2D eigenvalue weighted by molar-refractivity contribution is -0.593. The molecule has 0 aliphatic carbocycles. The lowest BCUT2D eigenvalue weighted by Gasteiger charge is -1.98. The summed E-state index contributed by atoms with van der Waals surface area (Å²) in [6.07, 6.45) is 3.76. The largest absolute Gasteiger partial charge is 0.602 e. The van der Waals surface area contributed by atoms with Gasteiger partial charge in [0.2, 0.25) is 0 Å². The van der Waals surface area contributed by atoms with Gasteiger partial charge in [-0.2, -0.15) is 4.79 Å². The highest BCUT2D eigenvalue weighted by Gasteiger charge is 2.19. The quantitative estimate of drug-likeness (QED) is 0.539. The topological polar surface area (TPSA) is 30.2 Å². The Bertz CT molecular complexity index is 334. The zero-order valence-electron chi connectivity index (χ0n) is 8.27. The number of hydrogen-bond acceptors (Lipinski definition) is 2. The number of pyridine rings is 1. The van der Waals surface area contributed by atoms with Crippen molar-refractivity contribution in [2.45, 2.75) is 13.3 Å². The molecule has 0 unspecified atom stereocenters. The molecule has 0 saturated carbocycles. The van der Waals surface area contributed by atoms with E-state index in [1.54, 1.807) is 25.3 Å². The molecule has 1 rings (SSSR count). The Morgan fingerprint density at radius 3 is 3.07 bits per heavy atom. The van der Waals surface area contributed by atoms with Crippen LogP contribution in [0.3, 0.4) is 0 Å². The van der Waals surface area contributed by atoms with E-state index in [-0.39, 0.29) is 6.09 Å². The molecule has 0 aliphatic heterocycles. The zero-order chi connectivity index (χ0) is 10.4. The second kappa shape index (κ2) is 5.17. The van der Waals surface area contributed by atoms with Crippen LogP contribution in [0.2, 0.25) is 0 Å². The van der Waals surface area contributed by atoms with Crippen LogP contribution in [0.25, 0.3) is 0 Å². The molecule has 0 atom stereocenters. The number of hydrogen-bond donors (Lipinski definition) is 0. The van der Waals surface area contributed by atoms with Gasteiger partial charge >= 0.3 is 6.09 Å². The molecular formula is C11H14NO2+. The summed E-state index contributed by atoms with van der Waals surface area (Å²) >= 11 is 0. The molecule has 0 saturated heterocycles. The third kappa shape index (κ3) is 2.42. The lowest BCUT2D eigenvalue weighted by atomic mass is 10.2. The molecular weight excluding hydrogens is 178 g/mol. The van der Waals surface area contributed by atoms with Crippen LogP contribution in [-0.4, -0.2) is 12.7 Å². The smallest absolute Gasteiger partial charge is 0.412 e. The van der Waals surface area contributed by atoms with E-state index in [1.165, 1.54) is 4.57 Å². The molecule has 0 spiro atoms. The van der Waals surface area contributed by atoms with Gasteiger partial charge in [0.15, 0.2) is 11.9 Å². The van der Waals surface area contributed by atoms with E-state index in [0.717, 1.165) is 5.69 Å². The van der Waals surface area contributed by atoms with Crippen LogP contribution in [0.4, 0.5) is 4.79 Å². The highest BCUT2D eigenvalue weighted by molar-refractivity contribution is 5.57. The van der Waals surface area contributed by atoms with Crippen molar-refractivity contribution in [3.05, 3.63) is 42.7 Å². The molecule has 3 heteroatoms. The molecule has 3 nitrogen and oxygen atoms in total. The number of carbonyl (C=O) groups is 1. The van der Waals surface area contributed by atoms with E-state index in [2.05, 4.69) is 6.58 Å². The molecule has 1 heterocycles. The minimum absolute atomic E-state index is 0.343. The maximum Gasteiger partial charge on any atom is 0.602 e. The molecule has 0 aromatic carbocycles. The van der Waals surface area contributed by atoms with Crippen molar-refractivity contribution in [1.29, 1.82) is 0 Å². The first kappa shape index (κ1) is 10.4. The van der Waals surface area contributed by atoms with E-state index in [1.807, 2.05) is 12.1 Å². The van der Waals surface area contributed by atoms with Gasteiger partial charge in [-0.25, -0.2) is 0 Å². The normalized spacial score (nSPS) is 9.50. The van der Waals surface area contributed by atoms with Crippen molar-refractivity contribution in [3.63, 3.8) is 0 Å². The van der Waals surface area contributed by atoms with Gasteiger partial charge in [-0.15, -0.1) is 6.58 Å². The fourth-order valence-electron chi connectivity index (χ4n) is 1.16. The number of rotatable bonds is 3. The average molecular weight is 192 g/mol. The standard InChI is InChI=1S/C11H14NO2/c1-3-7-10-8-5-6-9-12(10)11(13)14-4-2/h3,5-6,8-9H,1,4,7H2,2H3/q+1. The van der Waals surface area contributed by atoms with Crippen molar-refractivity contribution >= 4 is 6.09 Å². The second-order valence-corrected chi connectivity index (χ2v) is 2.75. The van der Waals surface area contributed by atoms with Crippen LogP contribution in [0.15, 0.2) is 37.1 Å². The van der Waals surface area contributed by atoms with Gasteiger partial charge in [-0.05, 0) is 6.92 Å². The first-order valence-corrected chi connectivity index (χ1v) is 4.57. The molecule has 0 aliphatic rings. The summed E-state index contributed by atoms with van der Waals surface area (Å²) in [6.45, 7) is 5.81. The monoisotopic (exact) mass is 192 g/mol. The number of nitrogens with zero attached hydrogens (tertiary/aromatic N) is 1. The molecule has 0 bridgehead atoms. The molecule has 0 radical (unpaired) electrons. The summed E-state index contributed by atoms with van der Waals surface area (Å²) in [5, 5.41) is 0. The van der Waals surface area contributed by atoms with Crippen molar-refractivity contribution < 1.29 is 14.1 Å². The average Bonchev–Trinajstić information content (AvgIpc) is 2.19. The van der Waals surface area contributed by atoms with Crippen LogP contribution in [0.1, 0.15) is 12.6 Å². The van der Waals surface area contributed by atoms with Gasteiger partial charge in [-0.1, -0.05) is 16.7 Å². The predicted molar refractivity (Wildman–Crippen MR) is 53.0 cm³/mol. The molecule has 0 fully saturated rings. The molecule has 1 aromatic rings. The Morgan fingerprint density at radius 1 is 1.64 bits per heavy atom. The fraction of sp³-hybridized carbons (Fsp3) is 0.273. The minimum Gasteiger partial charge on any atom is -0.412 e. The van der Waals surface area contributed by atoms with Gasteiger partial charge in [0.05, 0.1) is 13.0 Å². The van der Waals surface area contributed by atoms with Crippen molar-refractivity contribution in [3.8, 4) is 0 Å². The molecule has 14 heavy (non-hydrogen) atoms. The third-order valence-corrected chi connectivity index (χ3v) is 1.76. The van der Waals surface area contributed by atoms with Gasteiger partial charge in [0.25, 0.3) is 0 Å². The van der Waals surface area contributed by atoms with Crippen molar-refractivity contribution in [1.82, 2.24) is 0 Å². The highest BCUT2D eigenvalue weighted by Crippen LogP contribution is 1.94. The minimum atomic E-state index is -0.343. The number of aromatic nitrogens is 1. The van der Waals surface area contributed by atoms with Crippen LogP contribution < -0.4 is 4.57 Å². The van der Waals surface area contributed by atoms with Crippen LogP contribution in [0.5, 0.6) is 0 Å². The SMILES string of the molecule is C=CCc1cccc[n+]1C(=O)OCC. The Morgan fingerprint density at radius 2 is 2.43 bits per heavy atom. The summed E-state index contributed by atoms with van der Waals surface area (Å²) in [6, 6.07) is 5.55. The molecule has 0 N–H and O–H groups in total.